The van der Waals surface area contributed by atoms with Gasteiger partial charge in [0.25, 0.3) is 0 Å². The molecule has 0 saturated heterocycles. The molecule has 1 aliphatic carbocycles. The number of rotatable bonds is 1. The Morgan fingerprint density at radius 3 is 2.75 bits per heavy atom. The van der Waals surface area contributed by atoms with Crippen LogP contribution < -0.4 is 0 Å². The third-order valence-electron chi connectivity index (χ3n) is 2.22. The monoisotopic (exact) mass is 160 g/mol. The van der Waals surface area contributed by atoms with E-state index in [4.69, 9.17) is 0 Å². The van der Waals surface area contributed by atoms with Gasteiger partial charge < -0.3 is 0 Å². The van der Waals surface area contributed by atoms with E-state index >= 15 is 0 Å². The zero-order valence-corrected chi connectivity index (χ0v) is 7.36. The number of nitrogens with zero attached hydrogens (tertiary/aromatic N) is 2. The smallest absolute Gasteiger partial charge is 0.154 e. The Labute approximate surface area is 72.4 Å². The van der Waals surface area contributed by atoms with Crippen molar-refractivity contribution in [3.05, 3.63) is 36.0 Å². The Kier molecular flexibility index (Phi) is 1.50. The van der Waals surface area contributed by atoms with Crippen molar-refractivity contribution in [2.75, 3.05) is 0 Å². The molecule has 0 aromatic heterocycles. The second-order valence-electron chi connectivity index (χ2n) is 3.45. The largest absolute Gasteiger partial charge is 0.213 e. The lowest BCUT2D eigenvalue weighted by molar-refractivity contribution is 0.805. The highest BCUT2D eigenvalue weighted by Crippen LogP contribution is 2.36. The molecule has 0 spiro atoms. The molecule has 1 aliphatic heterocycles. The minimum atomic E-state index is -0.231. The van der Waals surface area contributed by atoms with Crippen LogP contribution in [0.1, 0.15) is 13.8 Å². The maximum atomic E-state index is 4.00. The standard InChI is InChI=1S/C10H12N2/c1-8-4-3-5-9(7-6-8)10(2)11-12-10/h3-8H,1-2H3. The SMILES string of the molecule is CC1C=CC=C(C2(C)N=N2)C=C1. The van der Waals surface area contributed by atoms with Crippen molar-refractivity contribution in [2.45, 2.75) is 19.5 Å². The molecule has 0 N–H and O–H groups in total. The lowest BCUT2D eigenvalue weighted by Crippen LogP contribution is -2.05. The molecule has 1 atom stereocenters. The molecule has 12 heavy (non-hydrogen) atoms. The first-order chi connectivity index (χ1) is 5.71. The Morgan fingerprint density at radius 2 is 2.08 bits per heavy atom. The minimum Gasteiger partial charge on any atom is -0.154 e. The van der Waals surface area contributed by atoms with Crippen LogP contribution in [-0.2, 0) is 0 Å². The van der Waals surface area contributed by atoms with Crippen LogP contribution in [0.25, 0.3) is 0 Å². The van der Waals surface area contributed by atoms with Gasteiger partial charge in [0.2, 0.25) is 5.66 Å². The quantitative estimate of drug-likeness (QED) is 0.563. The summed E-state index contributed by atoms with van der Waals surface area (Å²) in [5, 5.41) is 7.99. The van der Waals surface area contributed by atoms with Crippen molar-refractivity contribution in [1.82, 2.24) is 0 Å². The molecule has 0 aromatic rings. The van der Waals surface area contributed by atoms with Gasteiger partial charge in [0.05, 0.1) is 0 Å². The second-order valence-corrected chi connectivity index (χ2v) is 3.45. The molecule has 0 radical (unpaired) electrons. The number of hydrogen-bond acceptors (Lipinski definition) is 2. The average Bonchev–Trinajstić information content (AvgIpc) is 2.77. The summed E-state index contributed by atoms with van der Waals surface area (Å²) in [5.74, 6) is 0.515. The average molecular weight is 160 g/mol. The highest BCUT2D eigenvalue weighted by molar-refractivity contribution is 5.38. The Bertz CT molecular complexity index is 302. The number of allylic oxidation sites excluding steroid dienone is 4. The van der Waals surface area contributed by atoms with Gasteiger partial charge >= 0.3 is 0 Å². The summed E-state index contributed by atoms with van der Waals surface area (Å²) in [6.07, 6.45) is 10.6. The molecule has 2 nitrogen and oxygen atoms in total. The van der Waals surface area contributed by atoms with E-state index in [2.05, 4.69) is 47.5 Å². The Balaban J connectivity index is 2.22. The van der Waals surface area contributed by atoms with Crippen LogP contribution in [0.3, 0.4) is 0 Å². The number of hydrogen-bond donors (Lipinski definition) is 0. The zero-order valence-electron chi connectivity index (χ0n) is 7.36. The predicted molar refractivity (Wildman–Crippen MR) is 48.8 cm³/mol. The van der Waals surface area contributed by atoms with Gasteiger partial charge in [-0.2, -0.15) is 10.2 Å². The van der Waals surface area contributed by atoms with Crippen molar-refractivity contribution < 1.29 is 0 Å². The van der Waals surface area contributed by atoms with Crippen LogP contribution in [0, 0.1) is 5.92 Å². The maximum absolute atomic E-state index is 4.00. The van der Waals surface area contributed by atoms with Crippen molar-refractivity contribution in [2.24, 2.45) is 16.1 Å². The van der Waals surface area contributed by atoms with Crippen LogP contribution in [0.4, 0.5) is 0 Å². The topological polar surface area (TPSA) is 24.7 Å². The zero-order chi connectivity index (χ0) is 8.60. The van der Waals surface area contributed by atoms with Gasteiger partial charge in [-0.3, -0.25) is 0 Å². The molecule has 62 valence electrons. The first-order valence-electron chi connectivity index (χ1n) is 4.22. The Morgan fingerprint density at radius 1 is 1.33 bits per heavy atom. The molecule has 0 bridgehead atoms. The summed E-state index contributed by atoms with van der Waals surface area (Å²) < 4.78 is 0. The minimum absolute atomic E-state index is 0.231. The van der Waals surface area contributed by atoms with E-state index in [1.54, 1.807) is 0 Å². The third-order valence-corrected chi connectivity index (χ3v) is 2.22. The van der Waals surface area contributed by atoms with E-state index in [1.165, 1.54) is 5.57 Å². The van der Waals surface area contributed by atoms with Crippen LogP contribution >= 0.6 is 0 Å². The van der Waals surface area contributed by atoms with E-state index in [1.807, 2.05) is 6.92 Å². The molecular formula is C10H12N2. The fraction of sp³-hybridized carbons (Fsp3) is 0.400. The van der Waals surface area contributed by atoms with Gasteiger partial charge in [-0.05, 0) is 12.8 Å². The molecule has 2 heteroatoms. The molecule has 0 aromatic carbocycles. The molecular weight excluding hydrogens is 148 g/mol. The first kappa shape index (κ1) is 7.47. The molecule has 1 unspecified atom stereocenters. The van der Waals surface area contributed by atoms with Gasteiger partial charge in [0, 0.05) is 5.57 Å². The molecule has 1 heterocycles. The first-order valence-corrected chi connectivity index (χ1v) is 4.22. The van der Waals surface area contributed by atoms with E-state index in [0.29, 0.717) is 5.92 Å². The fourth-order valence-electron chi connectivity index (χ4n) is 1.22. The molecule has 2 aliphatic rings. The van der Waals surface area contributed by atoms with Gasteiger partial charge in [0.1, 0.15) is 0 Å². The summed E-state index contributed by atoms with van der Waals surface area (Å²) in [5.41, 5.74) is 0.952. The van der Waals surface area contributed by atoms with E-state index < -0.39 is 0 Å². The molecule has 0 fully saturated rings. The summed E-state index contributed by atoms with van der Waals surface area (Å²) in [4.78, 5) is 0. The van der Waals surface area contributed by atoms with Crippen LogP contribution in [0.5, 0.6) is 0 Å². The second kappa shape index (κ2) is 2.41. The van der Waals surface area contributed by atoms with Crippen molar-refractivity contribution in [3.63, 3.8) is 0 Å². The molecule has 2 rings (SSSR count). The van der Waals surface area contributed by atoms with Crippen LogP contribution in [0.15, 0.2) is 46.2 Å². The van der Waals surface area contributed by atoms with Gasteiger partial charge in [-0.15, -0.1) is 0 Å². The summed E-state index contributed by atoms with van der Waals surface area (Å²) in [6.45, 7) is 4.18. The Hall–Kier alpha value is -1.18. The highest BCUT2D eigenvalue weighted by atomic mass is 15.4. The normalized spacial score (nSPS) is 29.8. The maximum Gasteiger partial charge on any atom is 0.213 e. The van der Waals surface area contributed by atoms with Crippen molar-refractivity contribution >= 4 is 0 Å². The summed E-state index contributed by atoms with van der Waals surface area (Å²) >= 11 is 0. The summed E-state index contributed by atoms with van der Waals surface area (Å²) in [6, 6.07) is 0. The molecule has 0 amide bonds. The summed E-state index contributed by atoms with van der Waals surface area (Å²) in [7, 11) is 0. The molecule has 0 saturated carbocycles. The van der Waals surface area contributed by atoms with E-state index in [9.17, 15) is 0 Å². The predicted octanol–water partition coefficient (Wildman–Crippen LogP) is 2.86. The van der Waals surface area contributed by atoms with Crippen molar-refractivity contribution in [3.8, 4) is 0 Å². The van der Waals surface area contributed by atoms with Crippen LogP contribution in [-0.4, -0.2) is 5.66 Å². The van der Waals surface area contributed by atoms with Gasteiger partial charge in [-0.1, -0.05) is 37.3 Å². The highest BCUT2D eigenvalue weighted by Gasteiger charge is 2.36. The fourth-order valence-corrected chi connectivity index (χ4v) is 1.22. The van der Waals surface area contributed by atoms with E-state index in [0.717, 1.165) is 0 Å². The lowest BCUT2D eigenvalue weighted by atomic mass is 10.0. The van der Waals surface area contributed by atoms with Crippen molar-refractivity contribution in [1.29, 1.82) is 0 Å². The van der Waals surface area contributed by atoms with E-state index in [-0.39, 0.29) is 5.66 Å². The van der Waals surface area contributed by atoms with Crippen LogP contribution in [0.2, 0.25) is 0 Å². The lowest BCUT2D eigenvalue weighted by Gasteiger charge is -2.02. The van der Waals surface area contributed by atoms with Gasteiger partial charge in [-0.25, -0.2) is 0 Å². The third kappa shape index (κ3) is 1.24. The van der Waals surface area contributed by atoms with Gasteiger partial charge in [0.15, 0.2) is 0 Å².